The molecule has 0 unspecified atom stereocenters. The molecule has 0 aliphatic carbocycles. The van der Waals surface area contributed by atoms with E-state index in [4.69, 9.17) is 28.3 Å². The van der Waals surface area contributed by atoms with E-state index in [1.165, 1.54) is 18.2 Å². The van der Waals surface area contributed by atoms with Gasteiger partial charge in [-0.1, -0.05) is 41.4 Å². The number of nitrogens with zero attached hydrogens (tertiary/aromatic N) is 1. The van der Waals surface area contributed by atoms with E-state index in [0.717, 1.165) is 4.31 Å². The molecule has 0 saturated heterocycles. The number of rotatable bonds is 5. The van der Waals surface area contributed by atoms with E-state index in [9.17, 15) is 8.42 Å². The molecule has 0 fully saturated rings. The summed E-state index contributed by atoms with van der Waals surface area (Å²) in [6, 6.07) is 12.7. The number of benzene rings is 2. The van der Waals surface area contributed by atoms with Crippen molar-refractivity contribution in [1.82, 2.24) is 0 Å². The van der Waals surface area contributed by atoms with Gasteiger partial charge in [0.25, 0.3) is 10.0 Å². The second kappa shape index (κ2) is 6.66. The van der Waals surface area contributed by atoms with Gasteiger partial charge >= 0.3 is 0 Å². The molecule has 0 aliphatic heterocycles. The van der Waals surface area contributed by atoms with Gasteiger partial charge in [-0.15, -0.1) is 0 Å². The van der Waals surface area contributed by atoms with Crippen molar-refractivity contribution in [3.05, 3.63) is 58.6 Å². The molecule has 0 radical (unpaired) electrons. The average Bonchev–Trinajstić information content (AvgIpc) is 2.48. The zero-order valence-corrected chi connectivity index (χ0v) is 13.2. The second-order valence-electron chi connectivity index (χ2n) is 4.21. The molecule has 0 heterocycles. The van der Waals surface area contributed by atoms with Crippen molar-refractivity contribution in [2.24, 2.45) is 0 Å². The lowest BCUT2D eigenvalue weighted by Crippen LogP contribution is -2.33. The Hall–Kier alpha value is -1.27. The Morgan fingerprint density at radius 2 is 1.71 bits per heavy atom. The highest BCUT2D eigenvalue weighted by Gasteiger charge is 2.27. The van der Waals surface area contributed by atoms with Crippen LogP contribution in [0.1, 0.15) is 0 Å². The van der Waals surface area contributed by atoms with Gasteiger partial charge in [-0.3, -0.25) is 4.31 Å². The fraction of sp³-hybridized carbons (Fsp3) is 0.143. The van der Waals surface area contributed by atoms with E-state index < -0.39 is 10.0 Å². The standard InChI is InChI=1S/C14H13Cl2NO3S/c15-11-6-7-13(16)14(10-11)21(19,20)17(8-9-18)12-4-2-1-3-5-12/h1-7,10,18H,8-9H2. The van der Waals surface area contributed by atoms with Crippen molar-refractivity contribution in [1.29, 1.82) is 0 Å². The van der Waals surface area contributed by atoms with Crippen molar-refractivity contribution in [3.8, 4) is 0 Å². The molecule has 2 aromatic rings. The van der Waals surface area contributed by atoms with Gasteiger partial charge in [-0.05, 0) is 30.3 Å². The number of aliphatic hydroxyl groups excluding tert-OH is 1. The molecule has 21 heavy (non-hydrogen) atoms. The minimum absolute atomic E-state index is 0.0742. The summed E-state index contributed by atoms with van der Waals surface area (Å²) in [5.41, 5.74) is 0.447. The van der Waals surface area contributed by atoms with Crippen molar-refractivity contribution < 1.29 is 13.5 Å². The first-order chi connectivity index (χ1) is 9.96. The van der Waals surface area contributed by atoms with Crippen LogP contribution in [0.2, 0.25) is 10.0 Å². The summed E-state index contributed by atoms with van der Waals surface area (Å²) in [7, 11) is -3.91. The van der Waals surface area contributed by atoms with Crippen LogP contribution in [0.5, 0.6) is 0 Å². The summed E-state index contributed by atoms with van der Waals surface area (Å²) in [5, 5.41) is 9.52. The van der Waals surface area contributed by atoms with Gasteiger partial charge in [0.1, 0.15) is 4.90 Å². The van der Waals surface area contributed by atoms with Gasteiger partial charge in [0, 0.05) is 5.02 Å². The number of halogens is 2. The summed E-state index contributed by atoms with van der Waals surface area (Å²) < 4.78 is 26.6. The molecular weight excluding hydrogens is 333 g/mol. The van der Waals surface area contributed by atoms with E-state index in [1.807, 2.05) is 0 Å². The highest BCUT2D eigenvalue weighted by molar-refractivity contribution is 7.93. The van der Waals surface area contributed by atoms with Gasteiger partial charge in [0.2, 0.25) is 0 Å². The first kappa shape index (κ1) is 16.1. The molecule has 7 heteroatoms. The largest absolute Gasteiger partial charge is 0.394 e. The lowest BCUT2D eigenvalue weighted by molar-refractivity contribution is 0.306. The van der Waals surface area contributed by atoms with Crippen molar-refractivity contribution in [2.75, 3.05) is 17.5 Å². The van der Waals surface area contributed by atoms with Crippen molar-refractivity contribution >= 4 is 38.9 Å². The van der Waals surface area contributed by atoms with Gasteiger partial charge < -0.3 is 5.11 Å². The number of para-hydroxylation sites is 1. The zero-order valence-electron chi connectivity index (χ0n) is 10.9. The fourth-order valence-corrected chi connectivity index (χ4v) is 4.06. The molecule has 0 aromatic heterocycles. The predicted octanol–water partition coefficient (Wildman–Crippen LogP) is 3.18. The van der Waals surface area contributed by atoms with Crippen LogP contribution in [-0.2, 0) is 10.0 Å². The Bertz CT molecular complexity index is 720. The smallest absolute Gasteiger partial charge is 0.265 e. The zero-order chi connectivity index (χ0) is 15.5. The number of anilines is 1. The minimum atomic E-state index is -3.91. The quantitative estimate of drug-likeness (QED) is 0.905. The summed E-state index contributed by atoms with van der Waals surface area (Å²) >= 11 is 11.8. The van der Waals surface area contributed by atoms with Crippen LogP contribution in [0.15, 0.2) is 53.4 Å². The molecule has 0 atom stereocenters. The lowest BCUT2D eigenvalue weighted by Gasteiger charge is -2.24. The van der Waals surface area contributed by atoms with Gasteiger partial charge in [-0.2, -0.15) is 0 Å². The molecule has 0 bridgehead atoms. The van der Waals surface area contributed by atoms with Crippen LogP contribution >= 0.6 is 23.2 Å². The maximum absolute atomic E-state index is 12.8. The SMILES string of the molecule is O=S(=O)(c1cc(Cl)ccc1Cl)N(CCO)c1ccccc1. The molecule has 0 amide bonds. The van der Waals surface area contributed by atoms with Gasteiger partial charge in [0.05, 0.1) is 23.9 Å². The maximum Gasteiger partial charge on any atom is 0.265 e. The molecule has 1 N–H and O–H groups in total. The Morgan fingerprint density at radius 3 is 2.33 bits per heavy atom. The van der Waals surface area contributed by atoms with E-state index in [1.54, 1.807) is 30.3 Å². The number of aliphatic hydroxyl groups is 1. The molecule has 2 aromatic carbocycles. The highest BCUT2D eigenvalue weighted by atomic mass is 35.5. The Kier molecular flexibility index (Phi) is 5.11. The summed E-state index contributed by atoms with van der Waals surface area (Å²) in [6.45, 7) is -0.387. The monoisotopic (exact) mass is 345 g/mol. The number of hydrogen-bond acceptors (Lipinski definition) is 3. The first-order valence-corrected chi connectivity index (χ1v) is 8.30. The van der Waals surface area contributed by atoms with Crippen LogP contribution < -0.4 is 4.31 Å². The Balaban J connectivity index is 2.55. The predicted molar refractivity (Wildman–Crippen MR) is 84.5 cm³/mol. The topological polar surface area (TPSA) is 57.6 Å². The second-order valence-corrected chi connectivity index (χ2v) is 6.89. The maximum atomic E-state index is 12.8. The van der Waals surface area contributed by atoms with E-state index in [2.05, 4.69) is 0 Å². The van der Waals surface area contributed by atoms with Crippen LogP contribution in [0, 0.1) is 0 Å². The third-order valence-electron chi connectivity index (χ3n) is 2.81. The van der Waals surface area contributed by atoms with Gasteiger partial charge in [-0.25, -0.2) is 8.42 Å². The number of hydrogen-bond donors (Lipinski definition) is 1. The molecule has 0 saturated carbocycles. The van der Waals surface area contributed by atoms with Crippen LogP contribution in [-0.4, -0.2) is 26.7 Å². The molecule has 0 spiro atoms. The third-order valence-corrected chi connectivity index (χ3v) is 5.35. The van der Waals surface area contributed by atoms with E-state index in [-0.39, 0.29) is 28.1 Å². The minimum Gasteiger partial charge on any atom is -0.394 e. The van der Waals surface area contributed by atoms with Crippen molar-refractivity contribution in [2.45, 2.75) is 4.90 Å². The highest BCUT2D eigenvalue weighted by Crippen LogP contribution is 2.30. The summed E-state index contributed by atoms with van der Waals surface area (Å²) in [6.07, 6.45) is 0. The summed E-state index contributed by atoms with van der Waals surface area (Å²) in [5.74, 6) is 0. The van der Waals surface area contributed by atoms with Crippen molar-refractivity contribution in [3.63, 3.8) is 0 Å². The number of sulfonamides is 1. The third kappa shape index (κ3) is 3.49. The normalized spacial score (nSPS) is 11.4. The van der Waals surface area contributed by atoms with Crippen LogP contribution in [0.3, 0.4) is 0 Å². The fourth-order valence-electron chi connectivity index (χ4n) is 1.87. The molecule has 4 nitrogen and oxygen atoms in total. The average molecular weight is 346 g/mol. The Morgan fingerprint density at radius 1 is 1.05 bits per heavy atom. The van der Waals surface area contributed by atoms with Gasteiger partial charge in [0.15, 0.2) is 0 Å². The van der Waals surface area contributed by atoms with Crippen LogP contribution in [0.4, 0.5) is 5.69 Å². The molecule has 2 rings (SSSR count). The molecular formula is C14H13Cl2NO3S. The molecule has 0 aliphatic rings. The van der Waals surface area contributed by atoms with Crippen LogP contribution in [0.25, 0.3) is 0 Å². The molecule has 112 valence electrons. The lowest BCUT2D eigenvalue weighted by atomic mass is 10.3. The Labute approximate surface area is 133 Å². The first-order valence-electron chi connectivity index (χ1n) is 6.10. The van der Waals surface area contributed by atoms with E-state index >= 15 is 0 Å². The summed E-state index contributed by atoms with van der Waals surface area (Å²) in [4.78, 5) is -0.0889. The van der Waals surface area contributed by atoms with E-state index in [0.29, 0.717) is 5.69 Å².